The number of likely N-dealkylation sites (tertiary alicyclic amines) is 1. The number of amides is 1. The monoisotopic (exact) mass is 444 g/mol. The Morgan fingerprint density at radius 2 is 1.93 bits per heavy atom. The van der Waals surface area contributed by atoms with Crippen molar-refractivity contribution in [2.24, 2.45) is 5.92 Å². The molecule has 0 radical (unpaired) electrons. The van der Waals surface area contributed by atoms with Gasteiger partial charge in [-0.05, 0) is 56.7 Å². The molecule has 4 rings (SSSR count). The SMILES string of the molecule is Cc1ccc2nc(CSCC(=O)N3CCC(NCC4CC4)CC3)cn2c1.Cl.Cl. The van der Waals surface area contributed by atoms with Crippen LogP contribution < -0.4 is 5.32 Å². The minimum absolute atomic E-state index is 0. The van der Waals surface area contributed by atoms with Crippen molar-refractivity contribution in [3.63, 3.8) is 0 Å². The van der Waals surface area contributed by atoms with Gasteiger partial charge < -0.3 is 14.6 Å². The zero-order chi connectivity index (χ0) is 17.9. The molecule has 0 bridgehead atoms. The third-order valence-electron chi connectivity index (χ3n) is 5.36. The first-order valence-electron chi connectivity index (χ1n) is 9.70. The number of halogens is 2. The Morgan fingerprint density at radius 1 is 1.18 bits per heavy atom. The van der Waals surface area contributed by atoms with E-state index in [-0.39, 0.29) is 30.7 Å². The van der Waals surface area contributed by atoms with Crippen LogP contribution >= 0.6 is 36.6 Å². The first kappa shape index (κ1) is 23.3. The summed E-state index contributed by atoms with van der Waals surface area (Å²) >= 11 is 1.67. The molecule has 1 amide bonds. The average molecular weight is 445 g/mol. The summed E-state index contributed by atoms with van der Waals surface area (Å²) in [4.78, 5) is 19.1. The van der Waals surface area contributed by atoms with Gasteiger partial charge in [-0.15, -0.1) is 36.6 Å². The molecule has 2 fully saturated rings. The number of hydrogen-bond acceptors (Lipinski definition) is 4. The van der Waals surface area contributed by atoms with Crippen molar-refractivity contribution in [1.29, 1.82) is 0 Å². The molecule has 1 aliphatic heterocycles. The summed E-state index contributed by atoms with van der Waals surface area (Å²) in [7, 11) is 0. The van der Waals surface area contributed by atoms with Crippen molar-refractivity contribution in [3.8, 4) is 0 Å². The molecular weight excluding hydrogens is 415 g/mol. The van der Waals surface area contributed by atoms with E-state index in [1.165, 1.54) is 24.9 Å². The molecule has 156 valence electrons. The van der Waals surface area contributed by atoms with Crippen molar-refractivity contribution in [2.75, 3.05) is 25.4 Å². The molecule has 5 nitrogen and oxygen atoms in total. The molecule has 0 atom stereocenters. The molecule has 1 saturated heterocycles. The van der Waals surface area contributed by atoms with E-state index in [1.54, 1.807) is 11.8 Å². The standard InChI is InChI=1S/C20H28N4OS.2ClH/c1-15-2-5-19-22-18(12-24(19)11-15)13-26-14-20(25)23-8-6-17(7-9-23)21-10-16-3-4-16;;/h2,5,11-12,16-17,21H,3-4,6-10,13-14H2,1H3;2*1H. The second kappa shape index (κ2) is 10.7. The summed E-state index contributed by atoms with van der Waals surface area (Å²) < 4.78 is 2.06. The number of pyridine rings is 1. The van der Waals surface area contributed by atoms with Crippen LogP contribution in [0.2, 0.25) is 0 Å². The number of nitrogens with one attached hydrogen (secondary N) is 1. The number of carbonyl (C=O) groups is 1. The maximum Gasteiger partial charge on any atom is 0.232 e. The number of thioether (sulfide) groups is 1. The summed E-state index contributed by atoms with van der Waals surface area (Å²) in [6, 6.07) is 4.72. The molecule has 2 aromatic rings. The molecule has 2 aromatic heterocycles. The van der Waals surface area contributed by atoms with E-state index in [9.17, 15) is 4.79 Å². The van der Waals surface area contributed by atoms with E-state index in [4.69, 9.17) is 0 Å². The number of piperidine rings is 1. The van der Waals surface area contributed by atoms with Crippen molar-refractivity contribution in [2.45, 2.75) is 44.4 Å². The Labute approximate surface area is 183 Å². The van der Waals surface area contributed by atoms with E-state index in [1.807, 2.05) is 11.0 Å². The Morgan fingerprint density at radius 3 is 2.64 bits per heavy atom. The van der Waals surface area contributed by atoms with Gasteiger partial charge in [0.2, 0.25) is 5.91 Å². The predicted molar refractivity (Wildman–Crippen MR) is 121 cm³/mol. The minimum atomic E-state index is 0. The summed E-state index contributed by atoms with van der Waals surface area (Å²) in [6.45, 7) is 5.05. The molecule has 0 unspecified atom stereocenters. The quantitative estimate of drug-likeness (QED) is 0.706. The Kier molecular flexibility index (Phi) is 8.93. The van der Waals surface area contributed by atoms with Crippen LogP contribution in [-0.2, 0) is 10.5 Å². The molecule has 2 aliphatic rings. The van der Waals surface area contributed by atoms with E-state index in [0.717, 1.165) is 48.9 Å². The molecule has 0 aromatic carbocycles. The highest BCUT2D eigenvalue weighted by atomic mass is 35.5. The topological polar surface area (TPSA) is 49.6 Å². The number of fused-ring (bicyclic) bond motifs is 1. The van der Waals surface area contributed by atoms with E-state index >= 15 is 0 Å². The van der Waals surface area contributed by atoms with Crippen LogP contribution in [0.25, 0.3) is 5.65 Å². The number of carbonyl (C=O) groups excluding carboxylic acids is 1. The van der Waals surface area contributed by atoms with Gasteiger partial charge in [-0.3, -0.25) is 4.79 Å². The lowest BCUT2D eigenvalue weighted by atomic mass is 10.0. The van der Waals surface area contributed by atoms with Gasteiger partial charge in [0.25, 0.3) is 0 Å². The molecule has 3 heterocycles. The molecule has 8 heteroatoms. The number of aryl methyl sites for hydroxylation is 1. The van der Waals surface area contributed by atoms with Gasteiger partial charge in [-0.1, -0.05) is 6.07 Å². The maximum atomic E-state index is 12.4. The molecule has 0 spiro atoms. The number of aromatic nitrogens is 2. The van der Waals surface area contributed by atoms with Crippen LogP contribution in [0.1, 0.15) is 36.9 Å². The summed E-state index contributed by atoms with van der Waals surface area (Å²) in [5.41, 5.74) is 3.23. The zero-order valence-corrected chi connectivity index (χ0v) is 18.8. The summed E-state index contributed by atoms with van der Waals surface area (Å²) in [5.74, 6) is 2.53. The van der Waals surface area contributed by atoms with Gasteiger partial charge >= 0.3 is 0 Å². The fraction of sp³-hybridized carbons (Fsp3) is 0.600. The van der Waals surface area contributed by atoms with Crippen molar-refractivity contribution < 1.29 is 4.79 Å². The average Bonchev–Trinajstić information content (AvgIpc) is 3.39. The molecule has 28 heavy (non-hydrogen) atoms. The zero-order valence-electron chi connectivity index (χ0n) is 16.3. The molecular formula is C20H30Cl2N4OS. The number of rotatable bonds is 7. The van der Waals surface area contributed by atoms with E-state index < -0.39 is 0 Å². The number of hydrogen-bond donors (Lipinski definition) is 1. The summed E-state index contributed by atoms with van der Waals surface area (Å²) in [5, 5.41) is 3.67. The third-order valence-corrected chi connectivity index (χ3v) is 6.32. The van der Waals surface area contributed by atoms with Crippen LogP contribution in [0.5, 0.6) is 0 Å². The van der Waals surface area contributed by atoms with Crippen LogP contribution in [0.3, 0.4) is 0 Å². The molecule has 1 aliphatic carbocycles. The van der Waals surface area contributed by atoms with Gasteiger partial charge in [0.05, 0.1) is 11.4 Å². The van der Waals surface area contributed by atoms with Gasteiger partial charge in [-0.2, -0.15) is 0 Å². The Bertz CT molecular complexity index is 773. The largest absolute Gasteiger partial charge is 0.342 e. The lowest BCUT2D eigenvalue weighted by molar-refractivity contribution is -0.129. The molecule has 1 saturated carbocycles. The van der Waals surface area contributed by atoms with Crippen molar-refractivity contribution in [3.05, 3.63) is 35.8 Å². The first-order valence-corrected chi connectivity index (χ1v) is 10.9. The third kappa shape index (κ3) is 6.28. The highest BCUT2D eigenvalue weighted by Gasteiger charge is 2.25. The van der Waals surface area contributed by atoms with Crippen molar-refractivity contribution in [1.82, 2.24) is 19.6 Å². The minimum Gasteiger partial charge on any atom is -0.342 e. The maximum absolute atomic E-state index is 12.4. The first-order chi connectivity index (χ1) is 12.7. The number of nitrogens with zero attached hydrogens (tertiary/aromatic N) is 3. The van der Waals surface area contributed by atoms with Gasteiger partial charge in [-0.25, -0.2) is 4.98 Å². The summed E-state index contributed by atoms with van der Waals surface area (Å²) in [6.07, 6.45) is 9.13. The van der Waals surface area contributed by atoms with Gasteiger partial charge in [0.1, 0.15) is 5.65 Å². The Hall–Kier alpha value is -0.950. The van der Waals surface area contributed by atoms with Crippen LogP contribution in [0, 0.1) is 12.8 Å². The highest BCUT2D eigenvalue weighted by Crippen LogP contribution is 2.28. The predicted octanol–water partition coefficient (Wildman–Crippen LogP) is 3.71. The van der Waals surface area contributed by atoms with Crippen LogP contribution in [0.15, 0.2) is 24.5 Å². The van der Waals surface area contributed by atoms with Gasteiger partial charge in [0, 0.05) is 37.3 Å². The smallest absolute Gasteiger partial charge is 0.232 e. The second-order valence-electron chi connectivity index (χ2n) is 7.70. The molecule has 1 N–H and O–H groups in total. The van der Waals surface area contributed by atoms with Crippen LogP contribution in [0.4, 0.5) is 0 Å². The number of imidazole rings is 1. The van der Waals surface area contributed by atoms with E-state index in [0.29, 0.717) is 11.8 Å². The normalized spacial score (nSPS) is 17.2. The second-order valence-corrected chi connectivity index (χ2v) is 8.69. The lowest BCUT2D eigenvalue weighted by Crippen LogP contribution is -2.45. The lowest BCUT2D eigenvalue weighted by Gasteiger charge is -2.32. The highest BCUT2D eigenvalue weighted by molar-refractivity contribution is 7.99. The van der Waals surface area contributed by atoms with Gasteiger partial charge in [0.15, 0.2) is 0 Å². The van der Waals surface area contributed by atoms with E-state index in [2.05, 4.69) is 40.1 Å². The van der Waals surface area contributed by atoms with Crippen LogP contribution in [-0.4, -0.2) is 51.6 Å². The van der Waals surface area contributed by atoms with Crippen molar-refractivity contribution >= 4 is 48.1 Å². The fourth-order valence-corrected chi connectivity index (χ4v) is 4.36. The Balaban J connectivity index is 0.00000140. The fourth-order valence-electron chi connectivity index (χ4n) is 3.55.